The number of rotatable bonds is 2. The van der Waals surface area contributed by atoms with E-state index in [1.54, 1.807) is 24.3 Å². The minimum absolute atomic E-state index is 0.241. The maximum Gasteiger partial charge on any atom is 0.346 e. The number of H-pyrrole nitrogens is 1. The molecule has 4 rings (SSSR count). The van der Waals surface area contributed by atoms with E-state index in [-0.39, 0.29) is 17.4 Å². The topological polar surface area (TPSA) is 115 Å². The first kappa shape index (κ1) is 16.3. The summed E-state index contributed by atoms with van der Waals surface area (Å²) >= 11 is 0. The summed E-state index contributed by atoms with van der Waals surface area (Å²) in [6.45, 7) is 0. The van der Waals surface area contributed by atoms with E-state index in [0.29, 0.717) is 23.6 Å². The number of carbonyl (C=O) groups excluding carboxylic acids is 2. The Labute approximate surface area is 148 Å². The van der Waals surface area contributed by atoms with Gasteiger partial charge in [-0.15, -0.1) is 5.01 Å². The average Bonchev–Trinajstić information content (AvgIpc) is 2.86. The number of hydrazone groups is 1. The number of urea groups is 1. The molecule has 8 nitrogen and oxygen atoms in total. The Morgan fingerprint density at radius 2 is 1.77 bits per heavy atom. The van der Waals surface area contributed by atoms with Crippen molar-refractivity contribution in [1.82, 2.24) is 15.3 Å². The molecular formula is C18H18N4O4. The van der Waals surface area contributed by atoms with E-state index >= 15 is 0 Å². The summed E-state index contributed by atoms with van der Waals surface area (Å²) in [5.41, 5.74) is -1.04. The Balaban J connectivity index is 1.71. The van der Waals surface area contributed by atoms with Crippen molar-refractivity contribution < 1.29 is 14.7 Å². The maximum absolute atomic E-state index is 12.7. The summed E-state index contributed by atoms with van der Waals surface area (Å²) in [5, 5.41) is 18.5. The molecule has 26 heavy (non-hydrogen) atoms. The molecule has 2 aliphatic rings. The summed E-state index contributed by atoms with van der Waals surface area (Å²) in [5.74, 6) is -0.733. The minimum Gasteiger partial charge on any atom is -0.494 e. The molecule has 1 aromatic carbocycles. The average molecular weight is 354 g/mol. The summed E-state index contributed by atoms with van der Waals surface area (Å²) in [4.78, 5) is 39.2. The molecule has 2 heterocycles. The number of nitrogens with one attached hydrogen (secondary N) is 2. The van der Waals surface area contributed by atoms with Crippen LogP contribution in [0.15, 0.2) is 34.2 Å². The minimum atomic E-state index is -0.859. The summed E-state index contributed by atoms with van der Waals surface area (Å²) < 4.78 is 0. The lowest BCUT2D eigenvalue weighted by Crippen LogP contribution is -2.48. The number of nitrogens with zero attached hydrogens (tertiary/aromatic N) is 2. The molecule has 1 saturated carbocycles. The Bertz CT molecular complexity index is 988. The quantitative estimate of drug-likeness (QED) is 0.563. The molecule has 0 bridgehead atoms. The number of benzene rings is 1. The van der Waals surface area contributed by atoms with Crippen LogP contribution < -0.4 is 10.9 Å². The molecule has 8 heteroatoms. The van der Waals surface area contributed by atoms with Crippen molar-refractivity contribution in [3.8, 4) is 5.88 Å². The van der Waals surface area contributed by atoms with E-state index in [0.717, 1.165) is 24.3 Å². The Morgan fingerprint density at radius 3 is 2.50 bits per heavy atom. The third-order valence-corrected chi connectivity index (χ3v) is 5.10. The molecule has 1 aliphatic carbocycles. The van der Waals surface area contributed by atoms with Gasteiger partial charge in [-0.1, -0.05) is 37.5 Å². The van der Waals surface area contributed by atoms with Crippen LogP contribution in [0.3, 0.4) is 0 Å². The maximum atomic E-state index is 12.7. The highest BCUT2D eigenvalue weighted by atomic mass is 16.3. The van der Waals surface area contributed by atoms with Crippen LogP contribution in [-0.2, 0) is 4.79 Å². The molecule has 2 fully saturated rings. The zero-order valence-corrected chi connectivity index (χ0v) is 14.0. The molecule has 0 radical (unpaired) electrons. The van der Waals surface area contributed by atoms with Crippen molar-refractivity contribution in [2.45, 2.75) is 37.6 Å². The molecule has 3 amide bonds. The Hall–Kier alpha value is -3.16. The third kappa shape index (κ3) is 2.45. The lowest BCUT2D eigenvalue weighted by Gasteiger charge is -2.29. The molecular weight excluding hydrogens is 336 g/mol. The van der Waals surface area contributed by atoms with E-state index < -0.39 is 17.1 Å². The summed E-state index contributed by atoms with van der Waals surface area (Å²) in [6.07, 6.45) is 5.26. The second kappa shape index (κ2) is 5.98. The number of aromatic amines is 1. The number of aromatic hydroxyl groups is 1. The smallest absolute Gasteiger partial charge is 0.346 e. The fourth-order valence-corrected chi connectivity index (χ4v) is 3.74. The molecule has 134 valence electrons. The first-order chi connectivity index (χ1) is 12.5. The number of carbonyl (C=O) groups is 2. The zero-order valence-electron chi connectivity index (χ0n) is 14.0. The second-order valence-corrected chi connectivity index (χ2v) is 6.70. The number of hydrogen-bond acceptors (Lipinski definition) is 5. The van der Waals surface area contributed by atoms with E-state index in [9.17, 15) is 19.5 Å². The molecule has 0 unspecified atom stereocenters. The van der Waals surface area contributed by atoms with Gasteiger partial charge in [-0.25, -0.2) is 4.79 Å². The highest BCUT2D eigenvalue weighted by Gasteiger charge is 2.51. The van der Waals surface area contributed by atoms with Crippen molar-refractivity contribution in [2.75, 3.05) is 0 Å². The largest absolute Gasteiger partial charge is 0.494 e. The van der Waals surface area contributed by atoms with E-state index in [2.05, 4.69) is 15.4 Å². The van der Waals surface area contributed by atoms with Gasteiger partial charge in [0.25, 0.3) is 11.5 Å². The molecule has 1 aliphatic heterocycles. The zero-order chi connectivity index (χ0) is 18.3. The van der Waals surface area contributed by atoms with Gasteiger partial charge in [0, 0.05) is 10.8 Å². The lowest BCUT2D eigenvalue weighted by atomic mass is 9.82. The van der Waals surface area contributed by atoms with Gasteiger partial charge < -0.3 is 10.4 Å². The predicted molar refractivity (Wildman–Crippen MR) is 95.0 cm³/mol. The van der Waals surface area contributed by atoms with Crippen LogP contribution >= 0.6 is 0 Å². The summed E-state index contributed by atoms with van der Waals surface area (Å²) in [6, 6.07) is 6.15. The monoisotopic (exact) mass is 354 g/mol. The number of hydrogen-bond donors (Lipinski definition) is 3. The van der Waals surface area contributed by atoms with Gasteiger partial charge in [0.1, 0.15) is 5.54 Å². The summed E-state index contributed by atoms with van der Waals surface area (Å²) in [7, 11) is 0. The van der Waals surface area contributed by atoms with E-state index in [1.165, 1.54) is 6.21 Å². The van der Waals surface area contributed by atoms with Gasteiger partial charge in [0.15, 0.2) is 0 Å². The van der Waals surface area contributed by atoms with Crippen molar-refractivity contribution >= 4 is 28.9 Å². The van der Waals surface area contributed by atoms with E-state index in [1.807, 2.05) is 0 Å². The van der Waals surface area contributed by atoms with Crippen LogP contribution in [0, 0.1) is 0 Å². The van der Waals surface area contributed by atoms with Crippen LogP contribution in [0.1, 0.15) is 37.7 Å². The predicted octanol–water partition coefficient (Wildman–Crippen LogP) is 1.82. The molecule has 0 atom stereocenters. The SMILES string of the molecule is O=C1NC2(CCCCC2)C(=O)N1/N=C/c1c(O)[nH]c(=O)c2ccccc12. The molecule has 3 N–H and O–H groups in total. The van der Waals surface area contributed by atoms with Gasteiger partial charge >= 0.3 is 6.03 Å². The Morgan fingerprint density at radius 1 is 1.08 bits per heavy atom. The fourth-order valence-electron chi connectivity index (χ4n) is 3.74. The van der Waals surface area contributed by atoms with Crippen molar-refractivity contribution in [3.05, 3.63) is 40.2 Å². The first-order valence-electron chi connectivity index (χ1n) is 8.56. The molecule has 1 aromatic heterocycles. The second-order valence-electron chi connectivity index (χ2n) is 6.70. The van der Waals surface area contributed by atoms with Gasteiger partial charge in [-0.2, -0.15) is 5.10 Å². The Kier molecular flexibility index (Phi) is 3.75. The number of imide groups is 1. The first-order valence-corrected chi connectivity index (χ1v) is 8.56. The number of pyridine rings is 1. The van der Waals surface area contributed by atoms with E-state index in [4.69, 9.17) is 0 Å². The normalized spacial score (nSPS) is 19.6. The lowest BCUT2D eigenvalue weighted by molar-refractivity contribution is -0.132. The van der Waals surface area contributed by atoms with Gasteiger partial charge in [-0.3, -0.25) is 14.6 Å². The molecule has 1 spiro atoms. The highest BCUT2D eigenvalue weighted by molar-refractivity contribution is 6.08. The number of fused-ring (bicyclic) bond motifs is 1. The third-order valence-electron chi connectivity index (χ3n) is 5.10. The van der Waals surface area contributed by atoms with Crippen LogP contribution in [-0.4, -0.2) is 38.8 Å². The standard InChI is InChI=1S/C18H18N4O4/c23-14-12-7-3-2-6-11(12)13(15(24)20-14)10-19-22-16(25)18(21-17(22)26)8-4-1-5-9-18/h2-3,6-7,10H,1,4-5,8-9H2,(H,21,26)(H2,20,23,24)/b19-10+. The van der Waals surface area contributed by atoms with Gasteiger partial charge in [0.05, 0.1) is 11.8 Å². The molecule has 1 saturated heterocycles. The van der Waals surface area contributed by atoms with Crippen molar-refractivity contribution in [2.24, 2.45) is 5.10 Å². The number of amides is 3. The van der Waals surface area contributed by atoms with Crippen LogP contribution in [0.25, 0.3) is 10.8 Å². The van der Waals surface area contributed by atoms with Crippen LogP contribution in [0.2, 0.25) is 0 Å². The number of aromatic nitrogens is 1. The van der Waals surface area contributed by atoms with Gasteiger partial charge in [-0.05, 0) is 18.9 Å². The van der Waals surface area contributed by atoms with Gasteiger partial charge in [0.2, 0.25) is 5.88 Å². The van der Waals surface area contributed by atoms with Crippen molar-refractivity contribution in [1.29, 1.82) is 0 Å². The molecule has 2 aromatic rings. The van der Waals surface area contributed by atoms with Crippen molar-refractivity contribution in [3.63, 3.8) is 0 Å². The fraction of sp³-hybridized carbons (Fsp3) is 0.333. The van der Waals surface area contributed by atoms with Crippen LogP contribution in [0.4, 0.5) is 4.79 Å². The van der Waals surface area contributed by atoms with Crippen LogP contribution in [0.5, 0.6) is 5.88 Å². The highest BCUT2D eigenvalue weighted by Crippen LogP contribution is 2.33.